The van der Waals surface area contributed by atoms with E-state index in [2.05, 4.69) is 9.97 Å². The van der Waals surface area contributed by atoms with Crippen molar-refractivity contribution < 1.29 is 0 Å². The van der Waals surface area contributed by atoms with E-state index in [9.17, 15) is 4.79 Å². The number of hydrogen-bond acceptors (Lipinski definition) is 1. The third-order valence-corrected chi connectivity index (χ3v) is 2.77. The fourth-order valence-corrected chi connectivity index (χ4v) is 2.05. The lowest BCUT2D eigenvalue weighted by Gasteiger charge is -1.99. The summed E-state index contributed by atoms with van der Waals surface area (Å²) in [6, 6.07) is 7.84. The van der Waals surface area contributed by atoms with Crippen molar-refractivity contribution in [3.05, 3.63) is 46.5 Å². The Balaban J connectivity index is 2.74. The van der Waals surface area contributed by atoms with Crippen molar-refractivity contribution in [2.24, 2.45) is 0 Å². The number of nitrogens with one attached hydrogen (secondary N) is 2. The molecule has 0 fully saturated rings. The number of pyridine rings is 1. The molecule has 0 amide bonds. The first-order valence-electron chi connectivity index (χ1n) is 4.86. The molecule has 0 radical (unpaired) electrons. The van der Waals surface area contributed by atoms with Crippen LogP contribution in [0.2, 0.25) is 0 Å². The minimum absolute atomic E-state index is 0.0342. The first-order valence-corrected chi connectivity index (χ1v) is 4.86. The molecule has 2 aromatic heterocycles. The van der Waals surface area contributed by atoms with Gasteiger partial charge in [-0.25, -0.2) is 0 Å². The number of fused-ring (bicyclic) bond motifs is 3. The normalized spacial score (nSPS) is 11.3. The number of aryl methyl sites for hydroxylation is 1. The van der Waals surface area contributed by atoms with Gasteiger partial charge in [0.05, 0.1) is 5.39 Å². The maximum Gasteiger partial charge on any atom is 0.257 e. The maximum atomic E-state index is 11.7. The lowest BCUT2D eigenvalue weighted by molar-refractivity contribution is 1.28. The number of rotatable bonds is 0. The molecule has 0 unspecified atom stereocenters. The molecule has 1 aromatic carbocycles. The Morgan fingerprint density at radius 2 is 1.93 bits per heavy atom. The second-order valence-electron chi connectivity index (χ2n) is 3.70. The predicted molar refractivity (Wildman–Crippen MR) is 61.2 cm³/mol. The van der Waals surface area contributed by atoms with Crippen molar-refractivity contribution in [2.75, 3.05) is 0 Å². The van der Waals surface area contributed by atoms with Gasteiger partial charge in [0.15, 0.2) is 0 Å². The van der Waals surface area contributed by atoms with Crippen molar-refractivity contribution in [1.29, 1.82) is 0 Å². The summed E-state index contributed by atoms with van der Waals surface area (Å²) in [5.74, 6) is 0. The predicted octanol–water partition coefficient (Wildman–Crippen LogP) is 2.32. The van der Waals surface area contributed by atoms with E-state index < -0.39 is 0 Å². The van der Waals surface area contributed by atoms with E-state index in [1.807, 2.05) is 31.2 Å². The van der Waals surface area contributed by atoms with Gasteiger partial charge in [0.25, 0.3) is 5.56 Å². The molecule has 3 rings (SSSR count). The van der Waals surface area contributed by atoms with Gasteiger partial charge in [-0.05, 0) is 13.0 Å². The average molecular weight is 198 g/mol. The summed E-state index contributed by atoms with van der Waals surface area (Å²) in [5, 5.41) is 2.84. The van der Waals surface area contributed by atoms with Gasteiger partial charge >= 0.3 is 0 Å². The van der Waals surface area contributed by atoms with Crippen LogP contribution in [-0.4, -0.2) is 9.97 Å². The molecule has 0 aliphatic heterocycles. The molecule has 0 aliphatic carbocycles. The highest BCUT2D eigenvalue weighted by molar-refractivity contribution is 6.06. The maximum absolute atomic E-state index is 11.7. The lowest BCUT2D eigenvalue weighted by Crippen LogP contribution is -2.04. The van der Waals surface area contributed by atoms with Gasteiger partial charge in [-0.3, -0.25) is 4.79 Å². The largest absolute Gasteiger partial charge is 0.364 e. The zero-order valence-electron chi connectivity index (χ0n) is 8.29. The Morgan fingerprint density at radius 1 is 1.13 bits per heavy atom. The van der Waals surface area contributed by atoms with Gasteiger partial charge < -0.3 is 9.97 Å². The SMILES string of the molecule is Cc1[nH]cc2c(=O)[nH]c3ccccc3c12. The fourth-order valence-electron chi connectivity index (χ4n) is 2.05. The Kier molecular flexibility index (Phi) is 1.51. The van der Waals surface area contributed by atoms with Crippen molar-refractivity contribution in [1.82, 2.24) is 9.97 Å². The smallest absolute Gasteiger partial charge is 0.257 e. The Bertz CT molecular complexity index is 706. The highest BCUT2D eigenvalue weighted by Gasteiger charge is 2.07. The number of benzene rings is 1. The monoisotopic (exact) mass is 198 g/mol. The van der Waals surface area contributed by atoms with Crippen LogP contribution >= 0.6 is 0 Å². The lowest BCUT2D eigenvalue weighted by atomic mass is 10.1. The van der Waals surface area contributed by atoms with Crippen LogP contribution in [0.3, 0.4) is 0 Å². The minimum atomic E-state index is -0.0342. The van der Waals surface area contributed by atoms with Gasteiger partial charge in [-0.1, -0.05) is 18.2 Å². The van der Waals surface area contributed by atoms with Crippen LogP contribution in [-0.2, 0) is 0 Å². The van der Waals surface area contributed by atoms with Gasteiger partial charge in [0.2, 0.25) is 0 Å². The summed E-state index contributed by atoms with van der Waals surface area (Å²) in [4.78, 5) is 17.7. The second kappa shape index (κ2) is 2.73. The molecule has 0 saturated heterocycles. The summed E-state index contributed by atoms with van der Waals surface area (Å²) >= 11 is 0. The zero-order chi connectivity index (χ0) is 10.4. The first-order chi connectivity index (χ1) is 7.27. The molecule has 2 heterocycles. The molecule has 0 aliphatic rings. The molecule has 2 N–H and O–H groups in total. The van der Waals surface area contributed by atoms with Gasteiger partial charge in [0.1, 0.15) is 0 Å². The summed E-state index contributed by atoms with van der Waals surface area (Å²) in [6.07, 6.45) is 1.76. The number of para-hydroxylation sites is 1. The standard InChI is InChI=1S/C12H10N2O/c1-7-11-8-4-2-3-5-10(8)14-12(15)9(11)6-13-7/h2-6,13H,1H3,(H,14,15). The zero-order valence-corrected chi connectivity index (χ0v) is 8.29. The summed E-state index contributed by atoms with van der Waals surface area (Å²) < 4.78 is 0. The Hall–Kier alpha value is -2.03. The third-order valence-electron chi connectivity index (χ3n) is 2.77. The van der Waals surface area contributed by atoms with Crippen LogP contribution in [0.5, 0.6) is 0 Å². The Morgan fingerprint density at radius 3 is 2.80 bits per heavy atom. The number of H-pyrrole nitrogens is 2. The quantitative estimate of drug-likeness (QED) is 0.572. The van der Waals surface area contributed by atoms with Crippen LogP contribution in [0.25, 0.3) is 21.7 Å². The van der Waals surface area contributed by atoms with E-state index in [0.29, 0.717) is 0 Å². The molecular weight excluding hydrogens is 188 g/mol. The van der Waals surface area contributed by atoms with Crippen molar-refractivity contribution in [2.45, 2.75) is 6.92 Å². The van der Waals surface area contributed by atoms with Crippen LogP contribution < -0.4 is 5.56 Å². The highest BCUT2D eigenvalue weighted by atomic mass is 16.1. The van der Waals surface area contributed by atoms with E-state index >= 15 is 0 Å². The molecule has 74 valence electrons. The van der Waals surface area contributed by atoms with Crippen molar-refractivity contribution in [3.8, 4) is 0 Å². The van der Waals surface area contributed by atoms with E-state index in [0.717, 1.165) is 27.4 Å². The van der Waals surface area contributed by atoms with Crippen molar-refractivity contribution in [3.63, 3.8) is 0 Å². The second-order valence-corrected chi connectivity index (χ2v) is 3.70. The van der Waals surface area contributed by atoms with E-state index in [4.69, 9.17) is 0 Å². The van der Waals surface area contributed by atoms with Crippen molar-refractivity contribution >= 4 is 21.7 Å². The summed E-state index contributed by atoms with van der Waals surface area (Å²) in [7, 11) is 0. The van der Waals surface area contributed by atoms with Crippen LogP contribution in [0.15, 0.2) is 35.3 Å². The molecule has 0 atom stereocenters. The molecule has 0 bridgehead atoms. The Labute approximate surface area is 85.8 Å². The molecule has 0 saturated carbocycles. The topological polar surface area (TPSA) is 48.6 Å². The molecular formula is C12H10N2O. The van der Waals surface area contributed by atoms with Gasteiger partial charge in [0, 0.05) is 28.2 Å². The molecule has 15 heavy (non-hydrogen) atoms. The van der Waals surface area contributed by atoms with Crippen LogP contribution in [0.4, 0.5) is 0 Å². The van der Waals surface area contributed by atoms with Crippen LogP contribution in [0.1, 0.15) is 5.69 Å². The molecule has 3 aromatic rings. The minimum Gasteiger partial charge on any atom is -0.364 e. The van der Waals surface area contributed by atoms with Crippen LogP contribution in [0, 0.1) is 6.92 Å². The molecule has 3 nitrogen and oxygen atoms in total. The molecule has 3 heteroatoms. The summed E-state index contributed by atoms with van der Waals surface area (Å²) in [6.45, 7) is 1.98. The third kappa shape index (κ3) is 1.03. The highest BCUT2D eigenvalue weighted by Crippen LogP contribution is 2.23. The first kappa shape index (κ1) is 8.29. The van der Waals surface area contributed by atoms with E-state index in [1.54, 1.807) is 6.20 Å². The van der Waals surface area contributed by atoms with E-state index in [1.165, 1.54) is 0 Å². The fraction of sp³-hybridized carbons (Fsp3) is 0.0833. The summed E-state index contributed by atoms with van der Waals surface area (Å²) in [5.41, 5.74) is 1.89. The molecule has 0 spiro atoms. The number of aromatic amines is 2. The average Bonchev–Trinajstić information content (AvgIpc) is 2.62. The number of hydrogen-bond donors (Lipinski definition) is 2. The number of aromatic nitrogens is 2. The van der Waals surface area contributed by atoms with Gasteiger partial charge in [-0.15, -0.1) is 0 Å². The van der Waals surface area contributed by atoms with E-state index in [-0.39, 0.29) is 5.56 Å². The van der Waals surface area contributed by atoms with Gasteiger partial charge in [-0.2, -0.15) is 0 Å².